The van der Waals surface area contributed by atoms with Gasteiger partial charge in [0, 0.05) is 19.0 Å². The highest BCUT2D eigenvalue weighted by atomic mass is 32.1. The highest BCUT2D eigenvalue weighted by Gasteiger charge is 2.17. The average molecular weight is 305 g/mol. The lowest BCUT2D eigenvalue weighted by atomic mass is 10.2. The van der Waals surface area contributed by atoms with Crippen LogP contribution in [0.4, 0.5) is 11.4 Å². The summed E-state index contributed by atoms with van der Waals surface area (Å²) in [7, 11) is 0. The number of aromatic nitrogens is 3. The molecule has 108 valence electrons. The molecule has 0 atom stereocenters. The number of nitro benzene ring substituents is 1. The number of nitro groups is 1. The van der Waals surface area contributed by atoms with E-state index in [0.717, 1.165) is 15.2 Å². The summed E-state index contributed by atoms with van der Waals surface area (Å²) in [5.74, 6) is 0.482. The molecule has 0 fully saturated rings. The Morgan fingerprint density at radius 3 is 3.05 bits per heavy atom. The van der Waals surface area contributed by atoms with E-state index in [1.165, 1.54) is 17.7 Å². The van der Waals surface area contributed by atoms with Crippen molar-refractivity contribution in [2.24, 2.45) is 0 Å². The quantitative estimate of drug-likeness (QED) is 0.570. The van der Waals surface area contributed by atoms with Gasteiger partial charge in [-0.2, -0.15) is 4.98 Å². The Bertz CT molecular complexity index is 784. The number of anilines is 1. The van der Waals surface area contributed by atoms with Gasteiger partial charge in [-0.3, -0.25) is 10.1 Å². The van der Waals surface area contributed by atoms with Crippen LogP contribution in [0.25, 0.3) is 10.2 Å². The number of nitrogens with zero attached hydrogens (tertiary/aromatic N) is 4. The van der Waals surface area contributed by atoms with Gasteiger partial charge < -0.3 is 9.84 Å². The summed E-state index contributed by atoms with van der Waals surface area (Å²) < 4.78 is 5.68. The topological polar surface area (TPSA) is 107 Å². The molecule has 21 heavy (non-hydrogen) atoms. The summed E-state index contributed by atoms with van der Waals surface area (Å²) in [6.45, 7) is 2.33. The molecule has 0 radical (unpaired) electrons. The van der Waals surface area contributed by atoms with Crippen LogP contribution >= 0.6 is 11.3 Å². The molecule has 0 amide bonds. The summed E-state index contributed by atoms with van der Waals surface area (Å²) in [4.78, 5) is 19.0. The molecule has 1 aromatic carbocycles. The maximum absolute atomic E-state index is 11.2. The van der Waals surface area contributed by atoms with Crippen molar-refractivity contribution < 1.29 is 9.45 Å². The maximum Gasteiger partial charge on any atom is 0.293 e. The van der Waals surface area contributed by atoms with Gasteiger partial charge in [-0.25, -0.2) is 4.98 Å². The molecule has 2 aromatic heterocycles. The van der Waals surface area contributed by atoms with Crippen LogP contribution in [-0.4, -0.2) is 26.6 Å². The van der Waals surface area contributed by atoms with Gasteiger partial charge in [0.2, 0.25) is 5.89 Å². The Balaban J connectivity index is 1.84. The molecule has 0 saturated heterocycles. The summed E-state index contributed by atoms with van der Waals surface area (Å²) in [6.07, 6.45) is 1.81. The van der Waals surface area contributed by atoms with Crippen LogP contribution in [0.3, 0.4) is 0 Å². The van der Waals surface area contributed by atoms with Crippen LogP contribution in [0.2, 0.25) is 0 Å². The molecule has 0 aliphatic carbocycles. The Kier molecular flexibility index (Phi) is 3.48. The lowest BCUT2D eigenvalue weighted by Gasteiger charge is -2.05. The fraction of sp³-hybridized carbons (Fsp3) is 0.250. The molecule has 0 aliphatic heterocycles. The zero-order chi connectivity index (χ0) is 14.8. The van der Waals surface area contributed by atoms with Gasteiger partial charge in [0.25, 0.3) is 5.69 Å². The lowest BCUT2D eigenvalue weighted by molar-refractivity contribution is -0.383. The second kappa shape index (κ2) is 5.44. The molecule has 0 bridgehead atoms. The van der Waals surface area contributed by atoms with Gasteiger partial charge in [0.15, 0.2) is 6.33 Å². The number of benzene rings is 1. The second-order valence-corrected chi connectivity index (χ2v) is 5.57. The van der Waals surface area contributed by atoms with Gasteiger partial charge in [0.1, 0.15) is 5.69 Å². The predicted molar refractivity (Wildman–Crippen MR) is 77.5 cm³/mol. The lowest BCUT2D eigenvalue weighted by Crippen LogP contribution is -2.07. The molecule has 9 heteroatoms. The van der Waals surface area contributed by atoms with E-state index in [-0.39, 0.29) is 5.69 Å². The molecule has 3 aromatic rings. The number of nitrogens with one attached hydrogen (secondary N) is 1. The van der Waals surface area contributed by atoms with Gasteiger partial charge >= 0.3 is 0 Å². The van der Waals surface area contributed by atoms with Gasteiger partial charge in [0.05, 0.1) is 20.1 Å². The molecule has 0 spiro atoms. The first-order valence-electron chi connectivity index (χ1n) is 6.18. The number of thiazole rings is 1. The molecule has 8 nitrogen and oxygen atoms in total. The van der Waals surface area contributed by atoms with Crippen LogP contribution in [-0.2, 0) is 6.42 Å². The first-order valence-corrected chi connectivity index (χ1v) is 7.00. The van der Waals surface area contributed by atoms with Crippen LogP contribution in [0.5, 0.6) is 0 Å². The van der Waals surface area contributed by atoms with Crippen LogP contribution < -0.4 is 5.32 Å². The van der Waals surface area contributed by atoms with Crippen molar-refractivity contribution in [3.05, 3.63) is 39.5 Å². The first kappa shape index (κ1) is 13.4. The molecule has 0 aliphatic rings. The predicted octanol–water partition coefficient (Wildman–Crippen LogP) is 2.55. The van der Waals surface area contributed by atoms with Crippen molar-refractivity contribution in [3.63, 3.8) is 0 Å². The highest BCUT2D eigenvalue weighted by Crippen LogP contribution is 2.32. The summed E-state index contributed by atoms with van der Waals surface area (Å²) in [5, 5.41) is 18.6. The molecule has 0 unspecified atom stereocenters. The van der Waals surface area contributed by atoms with E-state index in [2.05, 4.69) is 20.4 Å². The normalized spacial score (nSPS) is 10.9. The smallest absolute Gasteiger partial charge is 0.293 e. The van der Waals surface area contributed by atoms with E-state index < -0.39 is 4.92 Å². The number of hydrogen-bond acceptors (Lipinski definition) is 8. The standard InChI is InChI=1S/C12H11N5O3S/c1-7-16-9-4-8(10(17(18)19)5-11(9)21-7)13-3-2-12-14-6-15-20-12/h4-6,13H,2-3H2,1H3. The number of hydrogen-bond donors (Lipinski definition) is 1. The van der Waals surface area contributed by atoms with Crippen LogP contribution in [0, 0.1) is 17.0 Å². The first-order chi connectivity index (χ1) is 10.1. The molecule has 2 heterocycles. The molecule has 1 N–H and O–H groups in total. The zero-order valence-corrected chi connectivity index (χ0v) is 11.9. The number of fused-ring (bicyclic) bond motifs is 1. The molecule has 3 rings (SSSR count). The van der Waals surface area contributed by atoms with Crippen molar-refractivity contribution in [1.29, 1.82) is 0 Å². The van der Waals surface area contributed by atoms with E-state index in [0.29, 0.717) is 24.5 Å². The number of rotatable bonds is 5. The Labute approximate surface area is 123 Å². The number of aryl methyl sites for hydroxylation is 1. The zero-order valence-electron chi connectivity index (χ0n) is 11.1. The Morgan fingerprint density at radius 2 is 2.33 bits per heavy atom. The van der Waals surface area contributed by atoms with E-state index in [1.807, 2.05) is 6.92 Å². The van der Waals surface area contributed by atoms with Crippen molar-refractivity contribution in [3.8, 4) is 0 Å². The van der Waals surface area contributed by atoms with Gasteiger partial charge in [-0.15, -0.1) is 11.3 Å². The Hall–Kier alpha value is -2.55. The van der Waals surface area contributed by atoms with Crippen molar-refractivity contribution in [2.75, 3.05) is 11.9 Å². The summed E-state index contributed by atoms with van der Waals surface area (Å²) >= 11 is 1.44. The van der Waals surface area contributed by atoms with Crippen molar-refractivity contribution in [1.82, 2.24) is 15.1 Å². The largest absolute Gasteiger partial charge is 0.379 e. The fourth-order valence-electron chi connectivity index (χ4n) is 1.98. The minimum Gasteiger partial charge on any atom is -0.379 e. The van der Waals surface area contributed by atoms with E-state index in [4.69, 9.17) is 4.52 Å². The van der Waals surface area contributed by atoms with Crippen LogP contribution in [0.1, 0.15) is 10.9 Å². The van der Waals surface area contributed by atoms with E-state index in [1.54, 1.807) is 12.1 Å². The minimum atomic E-state index is -0.399. The molecular weight excluding hydrogens is 294 g/mol. The second-order valence-electron chi connectivity index (χ2n) is 4.34. The minimum absolute atomic E-state index is 0.0386. The van der Waals surface area contributed by atoms with Crippen molar-refractivity contribution in [2.45, 2.75) is 13.3 Å². The SMILES string of the molecule is Cc1nc2cc(NCCc3ncno3)c([N+](=O)[O-])cc2s1. The molecular formula is C12H11N5O3S. The van der Waals surface area contributed by atoms with E-state index in [9.17, 15) is 10.1 Å². The summed E-state index contributed by atoms with van der Waals surface area (Å²) in [5.41, 5.74) is 1.23. The third-order valence-electron chi connectivity index (χ3n) is 2.87. The van der Waals surface area contributed by atoms with Crippen molar-refractivity contribution >= 4 is 32.9 Å². The fourth-order valence-corrected chi connectivity index (χ4v) is 2.82. The third-order valence-corrected chi connectivity index (χ3v) is 3.80. The van der Waals surface area contributed by atoms with E-state index >= 15 is 0 Å². The van der Waals surface area contributed by atoms with Crippen LogP contribution in [0.15, 0.2) is 23.0 Å². The monoisotopic (exact) mass is 305 g/mol. The third kappa shape index (κ3) is 2.82. The maximum atomic E-state index is 11.2. The van der Waals surface area contributed by atoms with Gasteiger partial charge in [-0.05, 0) is 13.0 Å². The Morgan fingerprint density at radius 1 is 1.48 bits per heavy atom. The average Bonchev–Trinajstić information content (AvgIpc) is 3.05. The molecule has 0 saturated carbocycles. The van der Waals surface area contributed by atoms with Gasteiger partial charge in [-0.1, -0.05) is 5.16 Å². The summed E-state index contributed by atoms with van der Waals surface area (Å²) in [6, 6.07) is 3.25. The highest BCUT2D eigenvalue weighted by molar-refractivity contribution is 7.18.